The van der Waals surface area contributed by atoms with E-state index in [-0.39, 0.29) is 5.25 Å². The molecule has 3 N–H and O–H groups in total. The molecule has 1 unspecified atom stereocenters. The van der Waals surface area contributed by atoms with Crippen LogP contribution in [0.4, 0.5) is 0 Å². The highest BCUT2D eigenvalue weighted by Gasteiger charge is 2.31. The summed E-state index contributed by atoms with van der Waals surface area (Å²) < 4.78 is 22.4. The molecule has 2 fully saturated rings. The SMILES string of the molecule is NS(=O)(=O)C1CCN(CC2CCNCC2)C1. The van der Waals surface area contributed by atoms with Gasteiger partial charge in [0.05, 0.1) is 5.25 Å². The monoisotopic (exact) mass is 247 g/mol. The summed E-state index contributed by atoms with van der Waals surface area (Å²) in [7, 11) is -3.33. The standard InChI is InChI=1S/C10H21N3O2S/c11-16(14,15)10-3-6-13(8-10)7-9-1-4-12-5-2-9/h9-10,12H,1-8H2,(H2,11,14,15). The molecule has 0 spiro atoms. The Bertz CT molecular complexity index is 325. The van der Waals surface area contributed by atoms with Gasteiger partial charge in [0.1, 0.15) is 0 Å². The van der Waals surface area contributed by atoms with Gasteiger partial charge < -0.3 is 10.2 Å². The molecule has 1 atom stereocenters. The first-order valence-electron chi connectivity index (χ1n) is 6.00. The average Bonchev–Trinajstić information content (AvgIpc) is 2.67. The molecule has 5 nitrogen and oxygen atoms in total. The molecular formula is C10H21N3O2S. The molecule has 0 aliphatic carbocycles. The van der Waals surface area contributed by atoms with E-state index in [9.17, 15) is 8.42 Å². The largest absolute Gasteiger partial charge is 0.317 e. The Morgan fingerprint density at radius 3 is 2.50 bits per heavy atom. The van der Waals surface area contributed by atoms with E-state index in [1.165, 1.54) is 12.8 Å². The highest BCUT2D eigenvalue weighted by molar-refractivity contribution is 7.89. The van der Waals surface area contributed by atoms with E-state index in [1.807, 2.05) is 0 Å². The minimum absolute atomic E-state index is 0.339. The lowest BCUT2D eigenvalue weighted by Crippen LogP contribution is -2.37. The molecule has 6 heteroatoms. The predicted octanol–water partition coefficient (Wildman–Crippen LogP) is -0.651. The number of nitrogens with one attached hydrogen (secondary N) is 1. The van der Waals surface area contributed by atoms with Crippen LogP contribution in [0.5, 0.6) is 0 Å². The van der Waals surface area contributed by atoms with Gasteiger partial charge in [-0.25, -0.2) is 13.6 Å². The van der Waals surface area contributed by atoms with Gasteiger partial charge in [0.2, 0.25) is 10.0 Å². The zero-order valence-electron chi connectivity index (χ0n) is 9.56. The fourth-order valence-corrected chi connectivity index (χ4v) is 3.51. The van der Waals surface area contributed by atoms with E-state index >= 15 is 0 Å². The number of sulfonamides is 1. The Morgan fingerprint density at radius 1 is 1.25 bits per heavy atom. The van der Waals surface area contributed by atoms with Crippen LogP contribution in [0.2, 0.25) is 0 Å². The van der Waals surface area contributed by atoms with Gasteiger partial charge in [0, 0.05) is 13.1 Å². The van der Waals surface area contributed by atoms with Crippen molar-refractivity contribution in [2.75, 3.05) is 32.7 Å². The van der Waals surface area contributed by atoms with Crippen molar-refractivity contribution in [3.05, 3.63) is 0 Å². The number of hydrogen-bond donors (Lipinski definition) is 2. The first-order chi connectivity index (χ1) is 7.55. The second kappa shape index (κ2) is 5.00. The molecule has 0 radical (unpaired) electrons. The summed E-state index contributed by atoms with van der Waals surface area (Å²) in [4.78, 5) is 2.26. The first kappa shape index (κ1) is 12.3. The average molecular weight is 247 g/mol. The summed E-state index contributed by atoms with van der Waals surface area (Å²) in [5, 5.41) is 8.17. The zero-order valence-corrected chi connectivity index (χ0v) is 10.4. The topological polar surface area (TPSA) is 75.4 Å². The van der Waals surface area contributed by atoms with E-state index in [2.05, 4.69) is 10.2 Å². The maximum Gasteiger partial charge on any atom is 0.213 e. The zero-order chi connectivity index (χ0) is 11.6. The number of likely N-dealkylation sites (tertiary alicyclic amines) is 1. The van der Waals surface area contributed by atoms with Crippen molar-refractivity contribution in [1.82, 2.24) is 10.2 Å². The molecule has 2 rings (SSSR count). The van der Waals surface area contributed by atoms with Crippen LogP contribution in [-0.2, 0) is 10.0 Å². The highest BCUT2D eigenvalue weighted by Crippen LogP contribution is 2.19. The summed E-state index contributed by atoms with van der Waals surface area (Å²) in [6.45, 7) is 4.73. The Morgan fingerprint density at radius 2 is 1.94 bits per heavy atom. The fraction of sp³-hybridized carbons (Fsp3) is 1.00. The van der Waals surface area contributed by atoms with Crippen molar-refractivity contribution >= 4 is 10.0 Å². The van der Waals surface area contributed by atoms with Gasteiger partial charge in [-0.15, -0.1) is 0 Å². The van der Waals surface area contributed by atoms with Crippen LogP contribution < -0.4 is 10.5 Å². The lowest BCUT2D eigenvalue weighted by molar-refractivity contribution is 0.241. The second-order valence-electron chi connectivity index (χ2n) is 4.95. The van der Waals surface area contributed by atoms with Crippen LogP contribution in [0.1, 0.15) is 19.3 Å². The van der Waals surface area contributed by atoms with Crippen LogP contribution >= 0.6 is 0 Å². The molecule has 0 bridgehead atoms. The van der Waals surface area contributed by atoms with Crippen LogP contribution in [0, 0.1) is 5.92 Å². The molecule has 0 aromatic heterocycles. The fourth-order valence-electron chi connectivity index (χ4n) is 2.66. The Labute approximate surface area is 97.4 Å². The maximum absolute atomic E-state index is 11.2. The second-order valence-corrected chi connectivity index (χ2v) is 6.80. The normalized spacial score (nSPS) is 29.7. The van der Waals surface area contributed by atoms with Gasteiger partial charge >= 0.3 is 0 Å². The van der Waals surface area contributed by atoms with Gasteiger partial charge in [0.15, 0.2) is 0 Å². The van der Waals surface area contributed by atoms with Crippen molar-refractivity contribution in [2.45, 2.75) is 24.5 Å². The minimum Gasteiger partial charge on any atom is -0.317 e. The predicted molar refractivity (Wildman–Crippen MR) is 63.5 cm³/mol. The van der Waals surface area contributed by atoms with Gasteiger partial charge in [-0.3, -0.25) is 0 Å². The Balaban J connectivity index is 1.80. The Kier molecular flexibility index (Phi) is 3.84. The van der Waals surface area contributed by atoms with Gasteiger partial charge in [0.25, 0.3) is 0 Å². The van der Waals surface area contributed by atoms with Crippen LogP contribution in [-0.4, -0.2) is 51.3 Å². The number of rotatable bonds is 3. The third kappa shape index (κ3) is 3.16. The van der Waals surface area contributed by atoms with Crippen molar-refractivity contribution in [3.63, 3.8) is 0 Å². The number of nitrogens with two attached hydrogens (primary N) is 1. The molecular weight excluding hydrogens is 226 g/mol. The van der Waals surface area contributed by atoms with Gasteiger partial charge in [-0.2, -0.15) is 0 Å². The maximum atomic E-state index is 11.2. The highest BCUT2D eigenvalue weighted by atomic mass is 32.2. The summed E-state index contributed by atoms with van der Waals surface area (Å²) in [6.07, 6.45) is 3.11. The van der Waals surface area contributed by atoms with E-state index in [0.29, 0.717) is 13.0 Å². The van der Waals surface area contributed by atoms with E-state index < -0.39 is 10.0 Å². The van der Waals surface area contributed by atoms with Crippen molar-refractivity contribution < 1.29 is 8.42 Å². The summed E-state index contributed by atoms with van der Waals surface area (Å²) in [5.74, 6) is 0.723. The number of piperidine rings is 1. The van der Waals surface area contributed by atoms with Crippen molar-refractivity contribution in [1.29, 1.82) is 0 Å². The smallest absolute Gasteiger partial charge is 0.213 e. The molecule has 0 aromatic carbocycles. The van der Waals surface area contributed by atoms with E-state index in [4.69, 9.17) is 5.14 Å². The molecule has 0 saturated carbocycles. The van der Waals surface area contributed by atoms with Gasteiger partial charge in [-0.05, 0) is 44.8 Å². The Hall–Kier alpha value is -0.170. The lowest BCUT2D eigenvalue weighted by Gasteiger charge is -2.27. The van der Waals surface area contributed by atoms with Gasteiger partial charge in [-0.1, -0.05) is 0 Å². The van der Waals surface area contributed by atoms with Crippen molar-refractivity contribution in [2.24, 2.45) is 11.1 Å². The lowest BCUT2D eigenvalue weighted by atomic mass is 9.98. The molecule has 2 saturated heterocycles. The summed E-state index contributed by atoms with van der Waals surface area (Å²) in [6, 6.07) is 0. The number of nitrogens with zero attached hydrogens (tertiary/aromatic N) is 1. The molecule has 0 aromatic rings. The summed E-state index contributed by atoms with van der Waals surface area (Å²) in [5.41, 5.74) is 0. The van der Waals surface area contributed by atoms with E-state index in [0.717, 1.165) is 32.1 Å². The number of primary sulfonamides is 1. The van der Waals surface area contributed by atoms with Crippen LogP contribution in [0.25, 0.3) is 0 Å². The third-order valence-electron chi connectivity index (χ3n) is 3.67. The minimum atomic E-state index is -3.33. The number of hydrogen-bond acceptors (Lipinski definition) is 4. The molecule has 16 heavy (non-hydrogen) atoms. The molecule has 94 valence electrons. The first-order valence-corrected chi connectivity index (χ1v) is 7.61. The third-order valence-corrected chi connectivity index (χ3v) is 4.98. The summed E-state index contributed by atoms with van der Waals surface area (Å²) >= 11 is 0. The molecule has 2 aliphatic rings. The molecule has 2 aliphatic heterocycles. The van der Waals surface area contributed by atoms with Crippen LogP contribution in [0.3, 0.4) is 0 Å². The van der Waals surface area contributed by atoms with E-state index in [1.54, 1.807) is 0 Å². The van der Waals surface area contributed by atoms with Crippen molar-refractivity contribution in [3.8, 4) is 0 Å². The molecule has 2 heterocycles. The van der Waals surface area contributed by atoms with Crippen LogP contribution in [0.15, 0.2) is 0 Å². The quantitative estimate of drug-likeness (QED) is 0.695. The molecule has 0 amide bonds.